The smallest absolute Gasteiger partial charge is 0.256 e. The highest BCUT2D eigenvalue weighted by Gasteiger charge is 2.27. The molecule has 13 nitrogen and oxygen atoms in total. The van der Waals surface area contributed by atoms with Crippen LogP contribution < -0.4 is 36.4 Å². The van der Waals surface area contributed by atoms with Crippen molar-refractivity contribution in [3.63, 3.8) is 0 Å². The van der Waals surface area contributed by atoms with Gasteiger partial charge in [0.25, 0.3) is 5.91 Å². The van der Waals surface area contributed by atoms with Crippen LogP contribution >= 0.6 is 0 Å². The summed E-state index contributed by atoms with van der Waals surface area (Å²) >= 11 is 0. The number of hydrogen-bond acceptors (Lipinski definition) is 11. The van der Waals surface area contributed by atoms with Gasteiger partial charge in [-0.25, -0.2) is 9.97 Å². The van der Waals surface area contributed by atoms with Crippen LogP contribution in [0.25, 0.3) is 0 Å². The second-order valence-corrected chi connectivity index (χ2v) is 13.3. The van der Waals surface area contributed by atoms with Crippen molar-refractivity contribution in [3.05, 3.63) is 96.3 Å². The highest BCUT2D eigenvalue weighted by atomic mass is 16.2. The molecule has 52 heavy (non-hydrogen) atoms. The van der Waals surface area contributed by atoms with E-state index in [1.165, 1.54) is 11.8 Å². The molecule has 0 bridgehead atoms. The van der Waals surface area contributed by atoms with E-state index in [4.69, 9.17) is 9.97 Å². The summed E-state index contributed by atoms with van der Waals surface area (Å²) in [4.78, 5) is 55.5. The van der Waals surface area contributed by atoms with E-state index in [-0.39, 0.29) is 17.7 Å². The number of piperazine rings is 1. The molecule has 1 aliphatic carbocycles. The van der Waals surface area contributed by atoms with Gasteiger partial charge in [0.05, 0.1) is 0 Å². The molecule has 4 aromatic rings. The van der Waals surface area contributed by atoms with Crippen molar-refractivity contribution >= 4 is 58.1 Å². The van der Waals surface area contributed by atoms with Crippen LogP contribution in [0.3, 0.4) is 0 Å². The zero-order valence-corrected chi connectivity index (χ0v) is 29.3. The Bertz CT molecular complexity index is 1960. The van der Waals surface area contributed by atoms with Gasteiger partial charge in [-0.3, -0.25) is 19.7 Å². The summed E-state index contributed by atoms with van der Waals surface area (Å²) in [7, 11) is 0. The number of rotatable bonds is 12. The summed E-state index contributed by atoms with van der Waals surface area (Å²) in [5, 5.41) is 15.1. The third-order valence-electron chi connectivity index (χ3n) is 9.90. The predicted octanol–water partition coefficient (Wildman–Crippen LogP) is 5.26. The van der Waals surface area contributed by atoms with Crippen LogP contribution in [0.1, 0.15) is 60.1 Å². The van der Waals surface area contributed by atoms with Crippen molar-refractivity contribution < 1.29 is 14.4 Å². The largest absolute Gasteiger partial charge is 0.374 e. The van der Waals surface area contributed by atoms with Gasteiger partial charge in [0.15, 0.2) is 0 Å². The van der Waals surface area contributed by atoms with Gasteiger partial charge in [-0.1, -0.05) is 25.1 Å². The standard InChI is InChI=1S/C39H44N10O3/c1-3-18-40-37(51)31-24-41-39(47-36(31)45-33-16-10-26-9-8-25(4-2)35(26)44-33)43-27-11-13-29(14-12-27)48-19-21-49(22-20-48)30-7-5-6-28(23-30)42-32-15-17-34(50)46-38(32)52/h3,5-7,10-14,16,23-25,32,42H,1,4,8-9,15,17-22H2,2H3,(H,40,51)(H,46,50,52)(H2,41,43,44,45,47). The molecule has 5 N–H and O–H groups in total. The third-order valence-corrected chi connectivity index (χ3v) is 9.90. The van der Waals surface area contributed by atoms with E-state index in [1.807, 2.05) is 30.3 Å². The first kappa shape index (κ1) is 34.5. The molecule has 0 saturated carbocycles. The van der Waals surface area contributed by atoms with Gasteiger partial charge in [-0.2, -0.15) is 4.98 Å². The SMILES string of the molecule is C=CCNC(=O)c1cnc(Nc2ccc(N3CCN(c4cccc(NC5CCC(=O)NC5=O)c4)CC3)cc2)nc1Nc1ccc2c(n1)C(CC)CC2. The van der Waals surface area contributed by atoms with E-state index in [1.54, 1.807) is 6.08 Å². The maximum atomic E-state index is 13.0. The molecule has 2 fully saturated rings. The quantitative estimate of drug-likeness (QED) is 0.0971. The van der Waals surface area contributed by atoms with Gasteiger partial charge >= 0.3 is 0 Å². The summed E-state index contributed by atoms with van der Waals surface area (Å²) < 4.78 is 0. The second-order valence-electron chi connectivity index (χ2n) is 13.3. The van der Waals surface area contributed by atoms with Crippen molar-refractivity contribution in [3.8, 4) is 0 Å². The number of nitrogens with zero attached hydrogens (tertiary/aromatic N) is 5. The lowest BCUT2D eigenvalue weighted by Crippen LogP contribution is -2.47. The Morgan fingerprint density at radius 2 is 1.71 bits per heavy atom. The first-order valence-corrected chi connectivity index (χ1v) is 18.0. The number of amides is 3. The zero-order valence-electron chi connectivity index (χ0n) is 29.3. The molecule has 0 spiro atoms. The first-order chi connectivity index (χ1) is 25.4. The Labute approximate surface area is 303 Å². The summed E-state index contributed by atoms with van der Waals surface area (Å²) in [6.45, 7) is 9.59. The monoisotopic (exact) mass is 700 g/mol. The number of carbonyl (C=O) groups is 3. The molecule has 3 aliphatic rings. The molecule has 4 heterocycles. The Kier molecular flexibility index (Phi) is 10.3. The number of carbonyl (C=O) groups excluding carboxylic acids is 3. The number of hydrogen-bond donors (Lipinski definition) is 5. The molecule has 0 radical (unpaired) electrons. The van der Waals surface area contributed by atoms with Crippen molar-refractivity contribution in [1.29, 1.82) is 0 Å². The lowest BCUT2D eigenvalue weighted by molar-refractivity contribution is -0.133. The Balaban J connectivity index is 0.987. The number of pyridine rings is 1. The number of piperidine rings is 1. The van der Waals surface area contributed by atoms with E-state index in [9.17, 15) is 14.4 Å². The fraction of sp³-hybridized carbons (Fsp3) is 0.333. The summed E-state index contributed by atoms with van der Waals surface area (Å²) in [5.41, 5.74) is 6.60. The van der Waals surface area contributed by atoms with Crippen LogP contribution in [0.5, 0.6) is 0 Å². The average molecular weight is 701 g/mol. The van der Waals surface area contributed by atoms with Crippen LogP contribution in [0, 0.1) is 0 Å². The van der Waals surface area contributed by atoms with Crippen molar-refractivity contribution in [1.82, 2.24) is 25.6 Å². The van der Waals surface area contributed by atoms with E-state index in [2.05, 4.69) is 85.2 Å². The topological polar surface area (TPSA) is 157 Å². The van der Waals surface area contributed by atoms with Crippen molar-refractivity contribution in [2.75, 3.05) is 58.5 Å². The van der Waals surface area contributed by atoms with Crippen LogP contribution in [0.2, 0.25) is 0 Å². The average Bonchev–Trinajstić information content (AvgIpc) is 3.58. The van der Waals surface area contributed by atoms with E-state index >= 15 is 0 Å². The number of aryl methyl sites for hydroxylation is 1. The molecule has 3 amide bonds. The van der Waals surface area contributed by atoms with Gasteiger partial charge in [-0.05, 0) is 79.8 Å². The number of benzene rings is 2. The molecule has 2 aromatic heterocycles. The number of anilines is 7. The zero-order chi connectivity index (χ0) is 36.0. The molecule has 13 heteroatoms. The van der Waals surface area contributed by atoms with Crippen LogP contribution in [-0.2, 0) is 16.0 Å². The third kappa shape index (κ3) is 7.83. The van der Waals surface area contributed by atoms with Gasteiger partial charge in [-0.15, -0.1) is 6.58 Å². The number of aromatic nitrogens is 3. The summed E-state index contributed by atoms with van der Waals surface area (Å²) in [5.74, 6) is 0.998. The van der Waals surface area contributed by atoms with Crippen LogP contribution in [0.15, 0.2) is 79.5 Å². The van der Waals surface area contributed by atoms with E-state index < -0.39 is 6.04 Å². The molecule has 268 valence electrons. The second kappa shape index (κ2) is 15.5. The summed E-state index contributed by atoms with van der Waals surface area (Å²) in [6.07, 6.45) is 7.16. The maximum Gasteiger partial charge on any atom is 0.256 e. The van der Waals surface area contributed by atoms with Gasteiger partial charge in [0, 0.05) is 79.7 Å². The fourth-order valence-electron chi connectivity index (χ4n) is 7.02. The minimum atomic E-state index is -0.415. The van der Waals surface area contributed by atoms with E-state index in [0.717, 1.165) is 73.9 Å². The molecule has 2 saturated heterocycles. The fourth-order valence-corrected chi connectivity index (χ4v) is 7.02. The van der Waals surface area contributed by atoms with Crippen molar-refractivity contribution in [2.24, 2.45) is 0 Å². The van der Waals surface area contributed by atoms with Gasteiger partial charge in [0.1, 0.15) is 23.2 Å². The molecule has 2 aromatic carbocycles. The normalized spacial score (nSPS) is 18.3. The van der Waals surface area contributed by atoms with Gasteiger partial charge in [0.2, 0.25) is 17.8 Å². The van der Waals surface area contributed by atoms with Crippen LogP contribution in [-0.4, -0.2) is 71.4 Å². The Morgan fingerprint density at radius 3 is 2.46 bits per heavy atom. The minimum absolute atomic E-state index is 0.220. The molecule has 2 aliphatic heterocycles. The first-order valence-electron chi connectivity index (χ1n) is 18.0. The summed E-state index contributed by atoms with van der Waals surface area (Å²) in [6, 6.07) is 19.9. The molecule has 7 rings (SSSR count). The highest BCUT2D eigenvalue weighted by Crippen LogP contribution is 2.35. The van der Waals surface area contributed by atoms with Gasteiger partial charge < -0.3 is 31.1 Å². The van der Waals surface area contributed by atoms with Crippen molar-refractivity contribution in [2.45, 2.75) is 51.0 Å². The Hall–Kier alpha value is -5.98. The number of nitrogens with one attached hydrogen (secondary N) is 5. The number of imide groups is 1. The molecular formula is C39H44N10O3. The molecule has 2 unspecified atom stereocenters. The predicted molar refractivity (Wildman–Crippen MR) is 204 cm³/mol. The lowest BCUT2D eigenvalue weighted by atomic mass is 10.0. The Morgan fingerprint density at radius 1 is 0.923 bits per heavy atom. The molecular weight excluding hydrogens is 656 g/mol. The highest BCUT2D eigenvalue weighted by molar-refractivity contribution is 6.01. The molecule has 2 atom stereocenters. The van der Waals surface area contributed by atoms with E-state index in [0.29, 0.717) is 48.5 Å². The number of fused-ring (bicyclic) bond motifs is 1. The minimum Gasteiger partial charge on any atom is -0.374 e. The van der Waals surface area contributed by atoms with Crippen LogP contribution in [0.4, 0.5) is 40.3 Å². The lowest BCUT2D eigenvalue weighted by Gasteiger charge is -2.37. The maximum absolute atomic E-state index is 13.0.